The molecule has 0 bridgehead atoms. The largest absolute Gasteiger partial charge is 0.493 e. The molecule has 0 radical (unpaired) electrons. The SMILES string of the molecule is COc1ccc(C2NC(=O)c3c(sc4c3CCCC4)N2)cc1OC. The zero-order chi connectivity index (χ0) is 16.7. The molecule has 6 heteroatoms. The maximum Gasteiger partial charge on any atom is 0.256 e. The van der Waals surface area contributed by atoms with Gasteiger partial charge in [0.25, 0.3) is 5.91 Å². The molecule has 2 aromatic rings. The topological polar surface area (TPSA) is 59.6 Å². The van der Waals surface area contributed by atoms with Crippen LogP contribution in [0.15, 0.2) is 18.2 Å². The molecule has 1 aromatic heterocycles. The first-order valence-corrected chi connectivity index (χ1v) is 8.96. The first-order valence-electron chi connectivity index (χ1n) is 8.15. The van der Waals surface area contributed by atoms with Crippen LogP contribution in [0.1, 0.15) is 45.4 Å². The average Bonchev–Trinajstić information content (AvgIpc) is 2.99. The van der Waals surface area contributed by atoms with Gasteiger partial charge in [0.05, 0.1) is 19.8 Å². The van der Waals surface area contributed by atoms with Crippen molar-refractivity contribution in [2.24, 2.45) is 0 Å². The first-order chi connectivity index (χ1) is 11.7. The normalized spacial score (nSPS) is 18.9. The Morgan fingerprint density at radius 3 is 2.67 bits per heavy atom. The second kappa shape index (κ2) is 6.02. The Labute approximate surface area is 145 Å². The van der Waals surface area contributed by atoms with Gasteiger partial charge in [-0.3, -0.25) is 4.79 Å². The number of carbonyl (C=O) groups excluding carboxylic acids is 1. The number of anilines is 1. The molecule has 1 aliphatic carbocycles. The molecule has 1 atom stereocenters. The molecule has 2 N–H and O–H groups in total. The number of hydrogen-bond acceptors (Lipinski definition) is 5. The molecular weight excluding hydrogens is 324 g/mol. The molecule has 5 nitrogen and oxygen atoms in total. The van der Waals surface area contributed by atoms with E-state index in [-0.39, 0.29) is 12.1 Å². The molecule has 1 aromatic carbocycles. The minimum atomic E-state index is -0.259. The van der Waals surface area contributed by atoms with Crippen LogP contribution in [0.2, 0.25) is 0 Å². The summed E-state index contributed by atoms with van der Waals surface area (Å²) < 4.78 is 10.6. The number of amides is 1. The third kappa shape index (κ3) is 2.41. The van der Waals surface area contributed by atoms with Gasteiger partial charge in [-0.1, -0.05) is 6.07 Å². The van der Waals surface area contributed by atoms with E-state index < -0.39 is 0 Å². The molecular formula is C18H20N2O3S. The summed E-state index contributed by atoms with van der Waals surface area (Å²) in [5.74, 6) is 1.35. The Balaban J connectivity index is 1.68. The van der Waals surface area contributed by atoms with Crippen molar-refractivity contribution in [1.82, 2.24) is 5.32 Å². The van der Waals surface area contributed by atoms with E-state index in [2.05, 4.69) is 10.6 Å². The molecule has 4 rings (SSSR count). The third-order valence-corrected chi connectivity index (χ3v) is 5.91. The molecule has 1 unspecified atom stereocenters. The van der Waals surface area contributed by atoms with Gasteiger partial charge in [-0.25, -0.2) is 0 Å². The zero-order valence-corrected chi connectivity index (χ0v) is 14.6. The van der Waals surface area contributed by atoms with Gasteiger partial charge in [-0.05, 0) is 48.9 Å². The van der Waals surface area contributed by atoms with E-state index in [1.165, 1.54) is 23.3 Å². The summed E-state index contributed by atoms with van der Waals surface area (Å²) in [6.45, 7) is 0. The fourth-order valence-corrected chi connectivity index (χ4v) is 4.79. The van der Waals surface area contributed by atoms with Crippen LogP contribution in [0.25, 0.3) is 0 Å². The van der Waals surface area contributed by atoms with Gasteiger partial charge >= 0.3 is 0 Å². The Morgan fingerprint density at radius 2 is 1.88 bits per heavy atom. The number of nitrogens with one attached hydrogen (secondary N) is 2. The Hall–Kier alpha value is -2.21. The summed E-state index contributed by atoms with van der Waals surface area (Å²) in [5, 5.41) is 7.55. The average molecular weight is 344 g/mol. The number of hydrogen-bond donors (Lipinski definition) is 2. The molecule has 1 aliphatic heterocycles. The lowest BCUT2D eigenvalue weighted by atomic mass is 9.94. The molecule has 0 saturated carbocycles. The molecule has 2 heterocycles. The lowest BCUT2D eigenvalue weighted by Gasteiger charge is -2.27. The van der Waals surface area contributed by atoms with Crippen LogP contribution in [0.3, 0.4) is 0 Å². The van der Waals surface area contributed by atoms with Crippen LogP contribution in [0.4, 0.5) is 5.00 Å². The van der Waals surface area contributed by atoms with Gasteiger partial charge in [0.1, 0.15) is 11.2 Å². The van der Waals surface area contributed by atoms with Gasteiger partial charge in [0.15, 0.2) is 11.5 Å². The fourth-order valence-electron chi connectivity index (χ4n) is 3.48. The minimum Gasteiger partial charge on any atom is -0.493 e. The molecule has 0 fully saturated rings. The number of rotatable bonds is 3. The van der Waals surface area contributed by atoms with Crippen LogP contribution in [-0.4, -0.2) is 20.1 Å². The van der Waals surface area contributed by atoms with Gasteiger partial charge < -0.3 is 20.1 Å². The summed E-state index contributed by atoms with van der Waals surface area (Å²) in [6.07, 6.45) is 4.22. The highest BCUT2D eigenvalue weighted by molar-refractivity contribution is 7.16. The van der Waals surface area contributed by atoms with E-state index in [1.54, 1.807) is 25.6 Å². The number of thiophene rings is 1. The number of benzene rings is 1. The highest BCUT2D eigenvalue weighted by atomic mass is 32.1. The van der Waals surface area contributed by atoms with Crippen LogP contribution >= 0.6 is 11.3 Å². The predicted molar refractivity (Wildman–Crippen MR) is 94.3 cm³/mol. The maximum absolute atomic E-state index is 12.7. The molecule has 0 spiro atoms. The number of ether oxygens (including phenoxy) is 2. The number of fused-ring (bicyclic) bond motifs is 3. The smallest absolute Gasteiger partial charge is 0.256 e. The summed E-state index contributed by atoms with van der Waals surface area (Å²) in [4.78, 5) is 14.0. The first kappa shape index (κ1) is 15.3. The Kier molecular flexibility index (Phi) is 3.84. The number of methoxy groups -OCH3 is 2. The summed E-state index contributed by atoms with van der Waals surface area (Å²) in [6, 6.07) is 5.70. The standard InChI is InChI=1S/C18H20N2O3S/c1-22-12-8-7-10(9-13(12)23-2)16-19-17(21)15-11-5-3-4-6-14(11)24-18(15)20-16/h7-9,16,20H,3-6H2,1-2H3,(H,19,21). The predicted octanol–water partition coefficient (Wildman–Crippen LogP) is 3.50. The van der Waals surface area contributed by atoms with Gasteiger partial charge in [-0.2, -0.15) is 0 Å². The molecule has 1 amide bonds. The Bertz CT molecular complexity index is 800. The monoisotopic (exact) mass is 344 g/mol. The lowest BCUT2D eigenvalue weighted by Crippen LogP contribution is -2.38. The number of carbonyl (C=O) groups is 1. The zero-order valence-electron chi connectivity index (χ0n) is 13.8. The molecule has 2 aliphatic rings. The van der Waals surface area contributed by atoms with Crippen molar-refractivity contribution >= 4 is 22.2 Å². The summed E-state index contributed by atoms with van der Waals surface area (Å²) >= 11 is 1.73. The van der Waals surface area contributed by atoms with Crippen molar-refractivity contribution in [2.75, 3.05) is 19.5 Å². The fraction of sp³-hybridized carbons (Fsp3) is 0.389. The highest BCUT2D eigenvalue weighted by Crippen LogP contribution is 2.42. The van der Waals surface area contributed by atoms with Gasteiger partial charge in [-0.15, -0.1) is 11.3 Å². The molecule has 24 heavy (non-hydrogen) atoms. The summed E-state index contributed by atoms with van der Waals surface area (Å²) in [7, 11) is 3.22. The van der Waals surface area contributed by atoms with Crippen molar-refractivity contribution in [2.45, 2.75) is 31.8 Å². The molecule has 0 saturated heterocycles. The van der Waals surface area contributed by atoms with Crippen LogP contribution in [-0.2, 0) is 12.8 Å². The van der Waals surface area contributed by atoms with E-state index in [0.717, 1.165) is 29.0 Å². The van der Waals surface area contributed by atoms with E-state index in [1.807, 2.05) is 18.2 Å². The van der Waals surface area contributed by atoms with Crippen LogP contribution in [0.5, 0.6) is 11.5 Å². The van der Waals surface area contributed by atoms with Crippen LogP contribution in [0, 0.1) is 0 Å². The van der Waals surface area contributed by atoms with Crippen molar-refractivity contribution in [1.29, 1.82) is 0 Å². The van der Waals surface area contributed by atoms with Crippen LogP contribution < -0.4 is 20.1 Å². The highest BCUT2D eigenvalue weighted by Gasteiger charge is 2.32. The lowest BCUT2D eigenvalue weighted by molar-refractivity contribution is 0.0935. The van der Waals surface area contributed by atoms with E-state index in [0.29, 0.717) is 11.5 Å². The van der Waals surface area contributed by atoms with Crippen molar-refractivity contribution in [3.05, 3.63) is 39.8 Å². The second-order valence-electron chi connectivity index (χ2n) is 6.08. The van der Waals surface area contributed by atoms with Crippen molar-refractivity contribution in [3.8, 4) is 11.5 Å². The summed E-state index contributed by atoms with van der Waals surface area (Å²) in [5.41, 5.74) is 3.04. The van der Waals surface area contributed by atoms with Gasteiger partial charge in [0.2, 0.25) is 0 Å². The van der Waals surface area contributed by atoms with Crippen molar-refractivity contribution < 1.29 is 14.3 Å². The molecule has 126 valence electrons. The maximum atomic E-state index is 12.7. The van der Waals surface area contributed by atoms with Gasteiger partial charge in [0, 0.05) is 4.88 Å². The minimum absolute atomic E-state index is 0.0166. The Morgan fingerprint density at radius 1 is 1.08 bits per heavy atom. The van der Waals surface area contributed by atoms with E-state index >= 15 is 0 Å². The quantitative estimate of drug-likeness (QED) is 0.895. The third-order valence-electron chi connectivity index (χ3n) is 4.69. The van der Waals surface area contributed by atoms with Crippen molar-refractivity contribution in [3.63, 3.8) is 0 Å². The second-order valence-corrected chi connectivity index (χ2v) is 7.19. The number of aryl methyl sites for hydroxylation is 1. The van der Waals surface area contributed by atoms with E-state index in [4.69, 9.17) is 9.47 Å². The van der Waals surface area contributed by atoms with E-state index in [9.17, 15) is 4.79 Å².